The van der Waals surface area contributed by atoms with Crippen molar-refractivity contribution in [1.82, 2.24) is 19.9 Å². The van der Waals surface area contributed by atoms with Crippen molar-refractivity contribution >= 4 is 5.82 Å². The minimum absolute atomic E-state index is 0.403. The van der Waals surface area contributed by atoms with Crippen molar-refractivity contribution in [2.24, 2.45) is 0 Å². The zero-order chi connectivity index (χ0) is 9.10. The summed E-state index contributed by atoms with van der Waals surface area (Å²) in [6.07, 6.45) is 7.91. The van der Waals surface area contributed by atoms with E-state index in [9.17, 15) is 0 Å². The van der Waals surface area contributed by atoms with Gasteiger partial charge in [0.15, 0.2) is 0 Å². The van der Waals surface area contributed by atoms with Gasteiger partial charge in [-0.1, -0.05) is 0 Å². The fourth-order valence-corrected chi connectivity index (χ4v) is 0.918. The maximum atomic E-state index is 5.40. The van der Waals surface area contributed by atoms with Crippen LogP contribution in [0.25, 0.3) is 11.3 Å². The second-order valence-electron chi connectivity index (χ2n) is 2.45. The molecular formula is C8H7N5. The highest BCUT2D eigenvalue weighted by Crippen LogP contribution is 2.12. The molecule has 0 unspecified atom stereocenters. The highest BCUT2D eigenvalue weighted by molar-refractivity contribution is 5.55. The molecule has 0 aliphatic heterocycles. The third-order valence-electron chi connectivity index (χ3n) is 1.53. The molecular weight excluding hydrogens is 166 g/mol. The monoisotopic (exact) mass is 173 g/mol. The number of hydrogen-bond donors (Lipinski definition) is 1. The number of nitrogen functional groups attached to an aromatic ring is 1. The van der Waals surface area contributed by atoms with Gasteiger partial charge in [-0.25, -0.2) is 15.0 Å². The predicted molar refractivity (Wildman–Crippen MR) is 47.5 cm³/mol. The van der Waals surface area contributed by atoms with Crippen LogP contribution in [0.5, 0.6) is 0 Å². The molecule has 2 aromatic rings. The number of nitrogens with two attached hydrogens (primary N) is 1. The summed E-state index contributed by atoms with van der Waals surface area (Å²) >= 11 is 0. The van der Waals surface area contributed by atoms with Crippen molar-refractivity contribution in [3.63, 3.8) is 0 Å². The Balaban J connectivity index is 2.42. The average Bonchev–Trinajstić information content (AvgIpc) is 2.20. The lowest BCUT2D eigenvalue weighted by molar-refractivity contribution is 1.14. The van der Waals surface area contributed by atoms with E-state index in [2.05, 4.69) is 19.9 Å². The molecule has 2 heterocycles. The van der Waals surface area contributed by atoms with Gasteiger partial charge in [-0.15, -0.1) is 0 Å². The minimum Gasteiger partial charge on any atom is -0.382 e. The van der Waals surface area contributed by atoms with E-state index < -0.39 is 0 Å². The zero-order valence-corrected chi connectivity index (χ0v) is 6.75. The molecule has 0 aliphatic carbocycles. The zero-order valence-electron chi connectivity index (χ0n) is 6.75. The molecule has 13 heavy (non-hydrogen) atoms. The summed E-state index contributed by atoms with van der Waals surface area (Å²) in [5, 5.41) is 0. The molecule has 5 heteroatoms. The van der Waals surface area contributed by atoms with Gasteiger partial charge in [0.05, 0.1) is 18.1 Å². The predicted octanol–water partition coefficient (Wildman–Crippen LogP) is 0.516. The van der Waals surface area contributed by atoms with Gasteiger partial charge in [0.25, 0.3) is 0 Å². The van der Waals surface area contributed by atoms with Gasteiger partial charge in [0.2, 0.25) is 0 Å². The Bertz CT molecular complexity index is 383. The van der Waals surface area contributed by atoms with Crippen LogP contribution in [-0.4, -0.2) is 19.9 Å². The summed E-state index contributed by atoms with van der Waals surface area (Å²) < 4.78 is 0. The number of rotatable bonds is 1. The summed E-state index contributed by atoms with van der Waals surface area (Å²) in [5.41, 5.74) is 6.95. The van der Waals surface area contributed by atoms with E-state index in [0.717, 1.165) is 11.3 Å². The van der Waals surface area contributed by atoms with E-state index >= 15 is 0 Å². The quantitative estimate of drug-likeness (QED) is 0.680. The van der Waals surface area contributed by atoms with Crippen molar-refractivity contribution in [2.45, 2.75) is 0 Å². The molecule has 5 nitrogen and oxygen atoms in total. The molecule has 0 amide bonds. The Hall–Kier alpha value is -2.04. The van der Waals surface area contributed by atoms with Crippen LogP contribution < -0.4 is 5.73 Å². The molecule has 0 aliphatic rings. The normalized spacial score (nSPS) is 9.85. The topological polar surface area (TPSA) is 77.6 Å². The molecule has 0 bridgehead atoms. The molecule has 2 aromatic heterocycles. The summed E-state index contributed by atoms with van der Waals surface area (Å²) in [6.45, 7) is 0. The van der Waals surface area contributed by atoms with Crippen molar-refractivity contribution < 1.29 is 0 Å². The standard InChI is InChI=1S/C8H7N5/c9-8-4-12-7(3-13-8)6-1-10-5-11-2-6/h1-5H,(H2,9,13). The van der Waals surface area contributed by atoms with E-state index in [-0.39, 0.29) is 0 Å². The smallest absolute Gasteiger partial charge is 0.141 e. The van der Waals surface area contributed by atoms with Gasteiger partial charge in [-0.05, 0) is 0 Å². The van der Waals surface area contributed by atoms with Crippen molar-refractivity contribution in [1.29, 1.82) is 0 Å². The van der Waals surface area contributed by atoms with Gasteiger partial charge in [0, 0.05) is 18.0 Å². The lowest BCUT2D eigenvalue weighted by Gasteiger charge is -1.97. The number of hydrogen-bond acceptors (Lipinski definition) is 5. The third-order valence-corrected chi connectivity index (χ3v) is 1.53. The van der Waals surface area contributed by atoms with Crippen LogP contribution in [0.4, 0.5) is 5.82 Å². The van der Waals surface area contributed by atoms with Gasteiger partial charge < -0.3 is 5.73 Å². The van der Waals surface area contributed by atoms with Crippen molar-refractivity contribution in [2.75, 3.05) is 5.73 Å². The van der Waals surface area contributed by atoms with E-state index in [1.165, 1.54) is 12.5 Å². The van der Waals surface area contributed by atoms with Crippen LogP contribution in [0.3, 0.4) is 0 Å². The highest BCUT2D eigenvalue weighted by atomic mass is 14.9. The Morgan fingerprint density at radius 1 is 0.923 bits per heavy atom. The van der Waals surface area contributed by atoms with Gasteiger partial charge >= 0.3 is 0 Å². The molecule has 0 spiro atoms. The fraction of sp³-hybridized carbons (Fsp3) is 0. The summed E-state index contributed by atoms with van der Waals surface area (Å²) in [7, 11) is 0. The lowest BCUT2D eigenvalue weighted by Crippen LogP contribution is -1.92. The highest BCUT2D eigenvalue weighted by Gasteiger charge is 1.98. The lowest BCUT2D eigenvalue weighted by atomic mass is 10.2. The number of anilines is 1. The third kappa shape index (κ3) is 1.58. The fourth-order valence-electron chi connectivity index (χ4n) is 0.918. The van der Waals surface area contributed by atoms with Gasteiger partial charge in [-0.2, -0.15) is 0 Å². The van der Waals surface area contributed by atoms with E-state index in [1.54, 1.807) is 18.6 Å². The molecule has 2 rings (SSSR count). The SMILES string of the molecule is Nc1cnc(-c2cncnc2)cn1. The Morgan fingerprint density at radius 3 is 2.31 bits per heavy atom. The molecule has 2 N–H and O–H groups in total. The largest absolute Gasteiger partial charge is 0.382 e. The first-order chi connectivity index (χ1) is 6.36. The van der Waals surface area contributed by atoms with Gasteiger partial charge in [-0.3, -0.25) is 4.98 Å². The maximum absolute atomic E-state index is 5.40. The van der Waals surface area contributed by atoms with Crippen molar-refractivity contribution in [3.05, 3.63) is 31.1 Å². The minimum atomic E-state index is 0.403. The number of nitrogens with zero attached hydrogens (tertiary/aromatic N) is 4. The molecule has 64 valence electrons. The second-order valence-corrected chi connectivity index (χ2v) is 2.45. The molecule has 0 fully saturated rings. The van der Waals surface area contributed by atoms with Gasteiger partial charge in [0.1, 0.15) is 12.1 Å². The van der Waals surface area contributed by atoms with Crippen molar-refractivity contribution in [3.8, 4) is 11.3 Å². The molecule has 0 saturated heterocycles. The summed E-state index contributed by atoms with van der Waals surface area (Å²) in [4.78, 5) is 15.7. The van der Waals surface area contributed by atoms with E-state index in [0.29, 0.717) is 5.82 Å². The molecule has 0 radical (unpaired) electrons. The molecule has 0 saturated carbocycles. The number of aromatic nitrogens is 4. The first-order valence-corrected chi connectivity index (χ1v) is 3.69. The maximum Gasteiger partial charge on any atom is 0.141 e. The van der Waals surface area contributed by atoms with Crippen LogP contribution in [0, 0.1) is 0 Å². The van der Waals surface area contributed by atoms with Crippen LogP contribution >= 0.6 is 0 Å². The Labute approximate surface area is 74.7 Å². The second kappa shape index (κ2) is 3.14. The van der Waals surface area contributed by atoms with Crippen LogP contribution in [-0.2, 0) is 0 Å². The Kier molecular flexibility index (Phi) is 1.84. The molecule has 0 atom stereocenters. The van der Waals surface area contributed by atoms with Crippen LogP contribution in [0.1, 0.15) is 0 Å². The average molecular weight is 173 g/mol. The summed E-state index contributed by atoms with van der Waals surface area (Å²) in [6, 6.07) is 0. The van der Waals surface area contributed by atoms with Crippen LogP contribution in [0.2, 0.25) is 0 Å². The van der Waals surface area contributed by atoms with E-state index in [4.69, 9.17) is 5.73 Å². The first kappa shape index (κ1) is 7.60. The Morgan fingerprint density at radius 2 is 1.69 bits per heavy atom. The molecule has 0 aromatic carbocycles. The first-order valence-electron chi connectivity index (χ1n) is 3.69. The summed E-state index contributed by atoms with van der Waals surface area (Å²) in [5.74, 6) is 0.403. The van der Waals surface area contributed by atoms with E-state index in [1.807, 2.05) is 0 Å². The van der Waals surface area contributed by atoms with Crippen LogP contribution in [0.15, 0.2) is 31.1 Å².